The number of rotatable bonds is 4. The quantitative estimate of drug-likeness (QED) is 0.924. The Kier molecular flexibility index (Phi) is 4.93. The van der Waals surface area contributed by atoms with E-state index in [-0.39, 0.29) is 6.03 Å². The van der Waals surface area contributed by atoms with Gasteiger partial charge in [0.2, 0.25) is 0 Å². The fourth-order valence-corrected chi connectivity index (χ4v) is 2.78. The van der Waals surface area contributed by atoms with Gasteiger partial charge in [0, 0.05) is 45.0 Å². The zero-order valence-corrected chi connectivity index (χ0v) is 14.1. The third kappa shape index (κ3) is 3.64. The van der Waals surface area contributed by atoms with Crippen molar-refractivity contribution in [2.45, 2.75) is 26.8 Å². The van der Waals surface area contributed by atoms with Crippen LogP contribution in [-0.4, -0.2) is 56.9 Å². The first-order valence-corrected chi connectivity index (χ1v) is 8.29. The lowest BCUT2D eigenvalue weighted by molar-refractivity contribution is 0.208. The van der Waals surface area contributed by atoms with E-state index in [9.17, 15) is 4.79 Å². The Labute approximate surface area is 141 Å². The van der Waals surface area contributed by atoms with E-state index in [1.165, 1.54) is 0 Å². The summed E-state index contributed by atoms with van der Waals surface area (Å²) in [5.41, 5.74) is 0. The second kappa shape index (κ2) is 7.29. The summed E-state index contributed by atoms with van der Waals surface area (Å²) >= 11 is 0. The number of amides is 2. The van der Waals surface area contributed by atoms with E-state index in [1.54, 1.807) is 12.4 Å². The van der Waals surface area contributed by atoms with Gasteiger partial charge in [0.25, 0.3) is 0 Å². The summed E-state index contributed by atoms with van der Waals surface area (Å²) in [4.78, 5) is 25.0. The highest BCUT2D eigenvalue weighted by Crippen LogP contribution is 2.14. The number of nitrogens with one attached hydrogen (secondary N) is 1. The average molecular weight is 329 g/mol. The van der Waals surface area contributed by atoms with E-state index >= 15 is 0 Å². The van der Waals surface area contributed by atoms with Crippen LogP contribution in [0, 0.1) is 6.92 Å². The molecule has 1 fully saturated rings. The van der Waals surface area contributed by atoms with Crippen molar-refractivity contribution in [3.8, 4) is 0 Å². The number of nitrogens with zero attached hydrogens (tertiary/aromatic N) is 6. The molecular weight excluding hydrogens is 306 g/mol. The van der Waals surface area contributed by atoms with Crippen molar-refractivity contribution in [2.75, 3.05) is 36.4 Å². The summed E-state index contributed by atoms with van der Waals surface area (Å²) in [6.45, 7) is 7.61. The van der Waals surface area contributed by atoms with E-state index in [0.29, 0.717) is 13.1 Å². The Morgan fingerprint density at radius 1 is 1.21 bits per heavy atom. The first-order chi connectivity index (χ1) is 11.7. The Bertz CT molecular complexity index is 691. The smallest absolute Gasteiger partial charge is 0.323 e. The van der Waals surface area contributed by atoms with Crippen LogP contribution in [0.15, 0.2) is 24.5 Å². The van der Waals surface area contributed by atoms with Gasteiger partial charge in [-0.1, -0.05) is 6.92 Å². The van der Waals surface area contributed by atoms with Crippen LogP contribution in [0.1, 0.15) is 19.2 Å². The lowest BCUT2D eigenvalue weighted by atomic mass is 10.3. The average Bonchev–Trinajstić information content (AvgIpc) is 3.02. The molecule has 0 aliphatic carbocycles. The first kappa shape index (κ1) is 16.2. The molecule has 3 rings (SSSR count). The molecule has 3 heterocycles. The first-order valence-electron chi connectivity index (χ1n) is 8.29. The standard InChI is InChI=1S/C16H23N7O/c1-3-8-23-15(5-7-18-23)20-16(24)22-11-9-21(10-12-22)14-4-6-17-13(2)19-14/h4-7H,3,8-12H2,1-2H3,(H,20,24). The molecule has 0 radical (unpaired) electrons. The van der Waals surface area contributed by atoms with E-state index in [1.807, 2.05) is 28.6 Å². The van der Waals surface area contributed by atoms with E-state index in [2.05, 4.69) is 32.2 Å². The van der Waals surface area contributed by atoms with Crippen molar-refractivity contribution in [3.05, 3.63) is 30.4 Å². The molecule has 1 saturated heterocycles. The van der Waals surface area contributed by atoms with Crippen molar-refractivity contribution in [1.82, 2.24) is 24.6 Å². The van der Waals surface area contributed by atoms with Crippen LogP contribution in [0.5, 0.6) is 0 Å². The molecule has 0 aromatic carbocycles. The zero-order chi connectivity index (χ0) is 16.9. The van der Waals surface area contributed by atoms with Crippen LogP contribution in [0.3, 0.4) is 0 Å². The molecule has 0 spiro atoms. The van der Waals surface area contributed by atoms with Gasteiger partial charge in [-0.25, -0.2) is 19.4 Å². The molecule has 1 aliphatic rings. The molecule has 2 amide bonds. The second-order valence-corrected chi connectivity index (χ2v) is 5.81. The predicted octanol–water partition coefficient (Wildman–Crippen LogP) is 1.75. The molecular formula is C16H23N7O. The highest BCUT2D eigenvalue weighted by atomic mass is 16.2. The summed E-state index contributed by atoms with van der Waals surface area (Å²) in [5, 5.41) is 7.18. The van der Waals surface area contributed by atoms with Gasteiger partial charge in [0.1, 0.15) is 17.5 Å². The van der Waals surface area contributed by atoms with Crippen molar-refractivity contribution in [2.24, 2.45) is 0 Å². The molecule has 1 N–H and O–H groups in total. The monoisotopic (exact) mass is 329 g/mol. The maximum absolute atomic E-state index is 12.4. The Morgan fingerprint density at radius 3 is 2.71 bits per heavy atom. The van der Waals surface area contributed by atoms with E-state index < -0.39 is 0 Å². The second-order valence-electron chi connectivity index (χ2n) is 5.81. The van der Waals surface area contributed by atoms with Crippen molar-refractivity contribution in [1.29, 1.82) is 0 Å². The number of carbonyl (C=O) groups excluding carboxylic acids is 1. The largest absolute Gasteiger partial charge is 0.353 e. The SMILES string of the molecule is CCCn1nccc1NC(=O)N1CCN(c2ccnc(C)n2)CC1. The third-order valence-electron chi connectivity index (χ3n) is 4.04. The van der Waals surface area contributed by atoms with E-state index in [4.69, 9.17) is 0 Å². The lowest BCUT2D eigenvalue weighted by Crippen LogP contribution is -2.50. The van der Waals surface area contributed by atoms with Crippen LogP contribution in [-0.2, 0) is 6.54 Å². The third-order valence-corrected chi connectivity index (χ3v) is 4.04. The molecule has 24 heavy (non-hydrogen) atoms. The number of urea groups is 1. The van der Waals surface area contributed by atoms with Crippen LogP contribution >= 0.6 is 0 Å². The molecule has 8 nitrogen and oxygen atoms in total. The summed E-state index contributed by atoms with van der Waals surface area (Å²) in [6, 6.07) is 3.66. The minimum Gasteiger partial charge on any atom is -0.353 e. The minimum absolute atomic E-state index is 0.0774. The van der Waals surface area contributed by atoms with Crippen molar-refractivity contribution >= 4 is 17.7 Å². The number of hydrogen-bond donors (Lipinski definition) is 1. The summed E-state index contributed by atoms with van der Waals surface area (Å²) in [7, 11) is 0. The number of piperazine rings is 1. The van der Waals surface area contributed by atoms with Crippen molar-refractivity contribution in [3.63, 3.8) is 0 Å². The Hall–Kier alpha value is -2.64. The van der Waals surface area contributed by atoms with Gasteiger partial charge in [-0.2, -0.15) is 5.10 Å². The molecule has 0 unspecified atom stereocenters. The molecule has 8 heteroatoms. The van der Waals surface area contributed by atoms with Gasteiger partial charge in [0.05, 0.1) is 6.20 Å². The topological polar surface area (TPSA) is 79.2 Å². The number of hydrogen-bond acceptors (Lipinski definition) is 5. The van der Waals surface area contributed by atoms with Gasteiger partial charge in [-0.3, -0.25) is 5.32 Å². The zero-order valence-electron chi connectivity index (χ0n) is 14.1. The van der Waals surface area contributed by atoms with Crippen LogP contribution in [0.25, 0.3) is 0 Å². The van der Waals surface area contributed by atoms with Gasteiger partial charge in [-0.15, -0.1) is 0 Å². The molecule has 128 valence electrons. The molecule has 0 atom stereocenters. The van der Waals surface area contributed by atoms with Gasteiger partial charge in [0.15, 0.2) is 0 Å². The van der Waals surface area contributed by atoms with Crippen LogP contribution in [0.4, 0.5) is 16.4 Å². The van der Waals surface area contributed by atoms with Gasteiger partial charge < -0.3 is 9.80 Å². The molecule has 2 aromatic heterocycles. The number of carbonyl (C=O) groups is 1. The maximum Gasteiger partial charge on any atom is 0.323 e. The summed E-state index contributed by atoms with van der Waals surface area (Å²) in [6.07, 6.45) is 4.45. The molecule has 1 aliphatic heterocycles. The lowest BCUT2D eigenvalue weighted by Gasteiger charge is -2.35. The fraction of sp³-hybridized carbons (Fsp3) is 0.500. The summed E-state index contributed by atoms with van der Waals surface area (Å²) in [5.74, 6) is 2.43. The Balaban J connectivity index is 1.56. The number of aryl methyl sites for hydroxylation is 2. The van der Waals surface area contributed by atoms with E-state index in [0.717, 1.165) is 43.5 Å². The van der Waals surface area contributed by atoms with Gasteiger partial charge >= 0.3 is 6.03 Å². The number of aromatic nitrogens is 4. The minimum atomic E-state index is -0.0774. The highest BCUT2D eigenvalue weighted by molar-refractivity contribution is 5.88. The van der Waals surface area contributed by atoms with Gasteiger partial charge in [-0.05, 0) is 19.4 Å². The van der Waals surface area contributed by atoms with Crippen molar-refractivity contribution < 1.29 is 4.79 Å². The summed E-state index contributed by atoms with van der Waals surface area (Å²) < 4.78 is 1.82. The van der Waals surface area contributed by atoms with Crippen LogP contribution < -0.4 is 10.2 Å². The molecule has 2 aromatic rings. The maximum atomic E-state index is 12.4. The molecule has 0 bridgehead atoms. The van der Waals surface area contributed by atoms with Crippen LogP contribution in [0.2, 0.25) is 0 Å². The number of anilines is 2. The highest BCUT2D eigenvalue weighted by Gasteiger charge is 2.22. The normalized spacial score (nSPS) is 14.8. The predicted molar refractivity (Wildman–Crippen MR) is 92.1 cm³/mol. The molecule has 0 saturated carbocycles. The fourth-order valence-electron chi connectivity index (χ4n) is 2.78. The Morgan fingerprint density at radius 2 is 2.00 bits per heavy atom.